The summed E-state index contributed by atoms with van der Waals surface area (Å²) in [6.07, 6.45) is 1.39. The van der Waals surface area contributed by atoms with Gasteiger partial charge >= 0.3 is 5.69 Å². The molecule has 2 N–H and O–H groups in total. The van der Waals surface area contributed by atoms with Gasteiger partial charge in [0.2, 0.25) is 0 Å². The summed E-state index contributed by atoms with van der Waals surface area (Å²) in [5.74, 6) is -0.837. The van der Waals surface area contributed by atoms with Crippen LogP contribution in [0.5, 0.6) is 5.88 Å². The van der Waals surface area contributed by atoms with Crippen molar-refractivity contribution in [2.45, 2.75) is 0 Å². The van der Waals surface area contributed by atoms with Crippen molar-refractivity contribution in [2.75, 3.05) is 12.4 Å². The molecule has 3 rings (SSSR count). The van der Waals surface area contributed by atoms with Crippen LogP contribution in [0.15, 0.2) is 42.6 Å². The Kier molecular flexibility index (Phi) is 4.81. The van der Waals surface area contributed by atoms with E-state index in [9.17, 15) is 14.9 Å². The Morgan fingerprint density at radius 2 is 2.12 bits per heavy atom. The van der Waals surface area contributed by atoms with Crippen LogP contribution in [0, 0.1) is 10.1 Å². The standard InChI is InChI=1S/C16H12ClN5O4/c1-26-16-14(22(24)25)13(19-15(23)11-6-7-18-21-11)8-12(20-16)9-4-2-3-5-10(9)17/h2-8H,1H3,(H,18,21)(H,19,20,23). The van der Waals surface area contributed by atoms with Gasteiger partial charge in [-0.05, 0) is 18.2 Å². The van der Waals surface area contributed by atoms with Crippen molar-refractivity contribution in [2.24, 2.45) is 0 Å². The van der Waals surface area contributed by atoms with Crippen LogP contribution in [0.2, 0.25) is 5.02 Å². The van der Waals surface area contributed by atoms with Crippen molar-refractivity contribution >= 4 is 28.9 Å². The second-order valence-electron chi connectivity index (χ2n) is 5.07. The van der Waals surface area contributed by atoms with E-state index in [-0.39, 0.29) is 17.3 Å². The normalized spacial score (nSPS) is 10.4. The summed E-state index contributed by atoms with van der Waals surface area (Å²) in [6.45, 7) is 0. The minimum absolute atomic E-state index is 0.0728. The summed E-state index contributed by atoms with van der Waals surface area (Å²) in [4.78, 5) is 27.2. The number of halogens is 1. The zero-order valence-electron chi connectivity index (χ0n) is 13.4. The molecule has 3 aromatic rings. The van der Waals surface area contributed by atoms with Gasteiger partial charge in [-0.25, -0.2) is 4.98 Å². The van der Waals surface area contributed by atoms with Gasteiger partial charge in [-0.1, -0.05) is 29.8 Å². The fourth-order valence-electron chi connectivity index (χ4n) is 2.31. The van der Waals surface area contributed by atoms with Gasteiger partial charge in [-0.15, -0.1) is 0 Å². The third-order valence-corrected chi connectivity index (χ3v) is 3.81. The van der Waals surface area contributed by atoms with E-state index >= 15 is 0 Å². The highest BCUT2D eigenvalue weighted by molar-refractivity contribution is 6.33. The molecule has 2 aromatic heterocycles. The van der Waals surface area contributed by atoms with Crippen molar-refractivity contribution in [1.82, 2.24) is 15.2 Å². The predicted molar refractivity (Wildman–Crippen MR) is 94.4 cm³/mol. The first-order valence-electron chi connectivity index (χ1n) is 7.30. The maximum atomic E-state index is 12.3. The number of carbonyl (C=O) groups is 1. The summed E-state index contributed by atoms with van der Waals surface area (Å²) in [5.41, 5.74) is 0.472. The zero-order valence-corrected chi connectivity index (χ0v) is 14.1. The first-order chi connectivity index (χ1) is 12.5. The molecule has 9 nitrogen and oxygen atoms in total. The molecule has 26 heavy (non-hydrogen) atoms. The van der Waals surface area contributed by atoms with E-state index in [1.165, 1.54) is 25.4 Å². The first kappa shape index (κ1) is 17.4. The SMILES string of the molecule is COc1nc(-c2ccccc2Cl)cc(NC(=O)c2ccn[nH]2)c1[N+](=O)[O-]. The molecule has 0 spiro atoms. The largest absolute Gasteiger partial charge is 0.476 e. The van der Waals surface area contributed by atoms with Crippen molar-refractivity contribution < 1.29 is 14.5 Å². The molecular formula is C16H12ClN5O4. The van der Waals surface area contributed by atoms with Gasteiger partial charge in [0, 0.05) is 16.8 Å². The number of rotatable bonds is 5. The maximum absolute atomic E-state index is 12.3. The quantitative estimate of drug-likeness (QED) is 0.522. The predicted octanol–water partition coefficient (Wildman–Crippen LogP) is 3.29. The second-order valence-corrected chi connectivity index (χ2v) is 5.48. The Labute approximate surface area is 152 Å². The van der Waals surface area contributed by atoms with Crippen LogP contribution in [-0.4, -0.2) is 33.1 Å². The van der Waals surface area contributed by atoms with Gasteiger partial charge < -0.3 is 10.1 Å². The number of aromatic nitrogens is 3. The van der Waals surface area contributed by atoms with Crippen LogP contribution >= 0.6 is 11.6 Å². The van der Waals surface area contributed by atoms with E-state index in [1.54, 1.807) is 24.3 Å². The van der Waals surface area contributed by atoms with Crippen LogP contribution < -0.4 is 10.1 Å². The first-order valence-corrected chi connectivity index (χ1v) is 7.68. The maximum Gasteiger partial charge on any atom is 0.354 e. The number of nitrogens with zero attached hydrogens (tertiary/aromatic N) is 3. The van der Waals surface area contributed by atoms with E-state index in [4.69, 9.17) is 16.3 Å². The van der Waals surface area contributed by atoms with Crippen LogP contribution in [0.4, 0.5) is 11.4 Å². The summed E-state index contributed by atoms with van der Waals surface area (Å²) >= 11 is 6.18. The number of methoxy groups -OCH3 is 1. The lowest BCUT2D eigenvalue weighted by molar-refractivity contribution is -0.385. The van der Waals surface area contributed by atoms with Gasteiger partial charge in [0.15, 0.2) is 0 Å². The topological polar surface area (TPSA) is 123 Å². The highest BCUT2D eigenvalue weighted by atomic mass is 35.5. The van der Waals surface area contributed by atoms with E-state index in [1.807, 2.05) is 0 Å². The molecular weight excluding hydrogens is 362 g/mol. The van der Waals surface area contributed by atoms with Gasteiger partial charge in [0.05, 0.1) is 17.7 Å². The van der Waals surface area contributed by atoms with Gasteiger partial charge in [-0.3, -0.25) is 20.0 Å². The number of nitrogens with one attached hydrogen (secondary N) is 2. The molecule has 0 saturated carbocycles. The highest BCUT2D eigenvalue weighted by Crippen LogP contribution is 2.38. The van der Waals surface area contributed by atoms with Crippen LogP contribution in [0.3, 0.4) is 0 Å². The molecule has 0 fully saturated rings. The molecule has 0 bridgehead atoms. The third-order valence-electron chi connectivity index (χ3n) is 3.48. The Morgan fingerprint density at radius 1 is 1.35 bits per heavy atom. The smallest absolute Gasteiger partial charge is 0.354 e. The minimum atomic E-state index is -0.676. The number of hydrogen-bond donors (Lipinski definition) is 2. The summed E-state index contributed by atoms with van der Waals surface area (Å²) < 4.78 is 5.05. The summed E-state index contributed by atoms with van der Waals surface area (Å²) in [7, 11) is 1.26. The molecule has 1 aromatic carbocycles. The average Bonchev–Trinajstić information content (AvgIpc) is 3.16. The molecule has 1 amide bonds. The molecule has 0 aliphatic heterocycles. The zero-order chi connectivity index (χ0) is 18.7. The lowest BCUT2D eigenvalue weighted by Gasteiger charge is -2.11. The molecule has 0 radical (unpaired) electrons. The lowest BCUT2D eigenvalue weighted by Crippen LogP contribution is -2.14. The minimum Gasteiger partial charge on any atom is -0.476 e. The molecule has 2 heterocycles. The summed E-state index contributed by atoms with van der Waals surface area (Å²) in [5, 5.41) is 20.5. The number of amides is 1. The van der Waals surface area contributed by atoms with Gasteiger partial charge in [0.25, 0.3) is 11.8 Å². The monoisotopic (exact) mass is 373 g/mol. The number of pyridine rings is 1. The number of carbonyl (C=O) groups excluding carboxylic acids is 1. The van der Waals surface area contributed by atoms with E-state index < -0.39 is 16.5 Å². The molecule has 0 aliphatic carbocycles. The van der Waals surface area contributed by atoms with E-state index in [0.29, 0.717) is 16.3 Å². The Bertz CT molecular complexity index is 975. The molecule has 0 aliphatic rings. The van der Waals surface area contributed by atoms with E-state index in [2.05, 4.69) is 20.5 Å². The number of hydrogen-bond acceptors (Lipinski definition) is 6. The second kappa shape index (κ2) is 7.19. The molecule has 10 heteroatoms. The Morgan fingerprint density at radius 3 is 2.73 bits per heavy atom. The number of aromatic amines is 1. The molecule has 132 valence electrons. The van der Waals surface area contributed by atoms with Crippen LogP contribution in [0.1, 0.15) is 10.5 Å². The average molecular weight is 374 g/mol. The number of H-pyrrole nitrogens is 1. The highest BCUT2D eigenvalue weighted by Gasteiger charge is 2.26. The van der Waals surface area contributed by atoms with Crippen LogP contribution in [-0.2, 0) is 0 Å². The Balaban J connectivity index is 2.13. The number of ether oxygens (including phenoxy) is 1. The fourth-order valence-corrected chi connectivity index (χ4v) is 2.54. The summed E-state index contributed by atoms with van der Waals surface area (Å²) in [6, 6.07) is 9.67. The Hall–Kier alpha value is -3.46. The van der Waals surface area contributed by atoms with E-state index in [0.717, 1.165) is 0 Å². The number of anilines is 1. The van der Waals surface area contributed by atoms with Gasteiger partial charge in [-0.2, -0.15) is 5.10 Å². The molecule has 0 unspecified atom stereocenters. The number of benzene rings is 1. The molecule has 0 atom stereocenters. The van der Waals surface area contributed by atoms with Crippen LogP contribution in [0.25, 0.3) is 11.3 Å². The third kappa shape index (κ3) is 3.33. The van der Waals surface area contributed by atoms with Crippen molar-refractivity contribution in [3.8, 4) is 17.1 Å². The van der Waals surface area contributed by atoms with Gasteiger partial charge in [0.1, 0.15) is 11.4 Å². The molecule has 0 saturated heterocycles. The van der Waals surface area contributed by atoms with Crippen molar-refractivity contribution in [3.05, 3.63) is 63.4 Å². The van der Waals surface area contributed by atoms with Crippen molar-refractivity contribution in [1.29, 1.82) is 0 Å². The lowest BCUT2D eigenvalue weighted by atomic mass is 10.1. The number of nitro groups is 1. The van der Waals surface area contributed by atoms with Crippen molar-refractivity contribution in [3.63, 3.8) is 0 Å². The fraction of sp³-hybridized carbons (Fsp3) is 0.0625.